The van der Waals surface area contributed by atoms with Crippen LogP contribution in [0.2, 0.25) is 10.0 Å². The van der Waals surface area contributed by atoms with E-state index in [9.17, 15) is 13.2 Å². The van der Waals surface area contributed by atoms with Gasteiger partial charge < -0.3 is 5.32 Å². The van der Waals surface area contributed by atoms with E-state index in [4.69, 9.17) is 23.2 Å². The topological polar surface area (TPSA) is 88.2 Å². The third-order valence-electron chi connectivity index (χ3n) is 4.12. The normalized spacial score (nSPS) is 11.3. The number of nitrogens with one attached hydrogen (secondary N) is 2. The molecule has 0 unspecified atom stereocenters. The molecule has 0 radical (unpaired) electrons. The van der Waals surface area contributed by atoms with Gasteiger partial charge in [0.2, 0.25) is 0 Å². The van der Waals surface area contributed by atoms with Gasteiger partial charge in [0.05, 0.1) is 27.2 Å². The average Bonchev–Trinajstić information content (AvgIpc) is 3.14. The second-order valence-electron chi connectivity index (χ2n) is 6.53. The first kappa shape index (κ1) is 22.6. The maximum absolute atomic E-state index is 12.4. The van der Waals surface area contributed by atoms with Crippen LogP contribution >= 0.6 is 34.5 Å². The predicted octanol–water partition coefficient (Wildman–Crippen LogP) is 4.93. The number of hydrogen-bond donors (Lipinski definition) is 2. The summed E-state index contributed by atoms with van der Waals surface area (Å²) >= 11 is 13.0. The van der Waals surface area contributed by atoms with Crippen LogP contribution in [0.1, 0.15) is 16.8 Å². The summed E-state index contributed by atoms with van der Waals surface area (Å²) in [6.45, 7) is 0.259. The zero-order valence-corrected chi connectivity index (χ0v) is 18.9. The van der Waals surface area contributed by atoms with E-state index in [-0.39, 0.29) is 18.1 Å². The molecule has 0 spiro atoms. The maximum Gasteiger partial charge on any atom is 0.321 e. The van der Waals surface area contributed by atoms with Gasteiger partial charge >= 0.3 is 6.03 Å². The highest BCUT2D eigenvalue weighted by atomic mass is 35.5. The Kier molecular flexibility index (Phi) is 7.71. The summed E-state index contributed by atoms with van der Waals surface area (Å²) in [6.07, 6.45) is 0.454. The smallest absolute Gasteiger partial charge is 0.321 e. The Labute approximate surface area is 189 Å². The Morgan fingerprint density at radius 1 is 1.03 bits per heavy atom. The number of hydrogen-bond acceptors (Lipinski definition) is 5. The predicted molar refractivity (Wildman–Crippen MR) is 122 cm³/mol. The van der Waals surface area contributed by atoms with Crippen molar-refractivity contribution in [2.75, 3.05) is 11.1 Å². The van der Waals surface area contributed by atoms with Gasteiger partial charge in [-0.25, -0.2) is 18.2 Å². The van der Waals surface area contributed by atoms with Crippen LogP contribution in [0, 0.1) is 0 Å². The molecule has 0 bridgehead atoms. The van der Waals surface area contributed by atoms with E-state index in [1.54, 1.807) is 23.6 Å². The molecule has 3 rings (SSSR count). The number of rotatable bonds is 8. The Morgan fingerprint density at radius 2 is 1.80 bits per heavy atom. The highest BCUT2D eigenvalue weighted by Crippen LogP contribution is 2.22. The van der Waals surface area contributed by atoms with Gasteiger partial charge in [0.1, 0.15) is 0 Å². The molecule has 2 aromatic carbocycles. The molecule has 3 aromatic rings. The third kappa shape index (κ3) is 6.98. The lowest BCUT2D eigenvalue weighted by atomic mass is 10.2. The van der Waals surface area contributed by atoms with E-state index in [1.807, 2.05) is 30.3 Å². The number of carbonyl (C=O) groups is 1. The number of carbonyl (C=O) groups excluding carboxylic acids is 1. The van der Waals surface area contributed by atoms with Gasteiger partial charge in [0.15, 0.2) is 15.0 Å². The largest absolute Gasteiger partial charge is 0.334 e. The number of benzene rings is 2. The first-order valence-electron chi connectivity index (χ1n) is 8.98. The highest BCUT2D eigenvalue weighted by Gasteiger charge is 2.15. The fourth-order valence-corrected chi connectivity index (χ4v) is 5.04. The third-order valence-corrected chi connectivity index (χ3v) is 7.23. The van der Waals surface area contributed by atoms with Crippen LogP contribution in [-0.4, -0.2) is 25.2 Å². The summed E-state index contributed by atoms with van der Waals surface area (Å²) in [7, 11) is -3.31. The fraction of sp³-hybridized carbons (Fsp3) is 0.200. The van der Waals surface area contributed by atoms with Crippen molar-refractivity contribution in [3.63, 3.8) is 0 Å². The molecule has 0 fully saturated rings. The molecule has 6 nitrogen and oxygen atoms in total. The number of aromatic nitrogens is 1. The van der Waals surface area contributed by atoms with Crippen LogP contribution in [-0.2, 0) is 28.6 Å². The Balaban J connectivity index is 1.49. The lowest BCUT2D eigenvalue weighted by Crippen LogP contribution is -2.28. The molecular weight excluding hydrogens is 465 g/mol. The molecule has 1 heterocycles. The van der Waals surface area contributed by atoms with Crippen molar-refractivity contribution in [2.24, 2.45) is 0 Å². The maximum atomic E-state index is 12.4. The van der Waals surface area contributed by atoms with E-state index in [2.05, 4.69) is 15.6 Å². The number of sulfone groups is 1. The molecule has 0 saturated carbocycles. The molecule has 0 aliphatic rings. The minimum atomic E-state index is -3.31. The molecule has 30 heavy (non-hydrogen) atoms. The lowest BCUT2D eigenvalue weighted by Gasteiger charge is -2.06. The molecular formula is C20H19Cl2N3O3S2. The monoisotopic (exact) mass is 483 g/mol. The van der Waals surface area contributed by atoms with Crippen molar-refractivity contribution in [1.82, 2.24) is 10.3 Å². The van der Waals surface area contributed by atoms with Gasteiger partial charge in [0, 0.05) is 11.9 Å². The van der Waals surface area contributed by atoms with Crippen molar-refractivity contribution in [3.8, 4) is 0 Å². The van der Waals surface area contributed by atoms with Crippen LogP contribution in [0.15, 0.2) is 53.9 Å². The molecule has 158 valence electrons. The highest BCUT2D eigenvalue weighted by molar-refractivity contribution is 7.90. The van der Waals surface area contributed by atoms with Gasteiger partial charge in [-0.15, -0.1) is 11.3 Å². The molecule has 2 N–H and O–H groups in total. The summed E-state index contributed by atoms with van der Waals surface area (Å²) in [5, 5.41) is 8.11. The van der Waals surface area contributed by atoms with Gasteiger partial charge in [-0.1, -0.05) is 59.6 Å². The average molecular weight is 484 g/mol. The van der Waals surface area contributed by atoms with Gasteiger partial charge in [0.25, 0.3) is 0 Å². The fourth-order valence-electron chi connectivity index (χ4n) is 2.62. The number of urea groups is 1. The van der Waals surface area contributed by atoms with Crippen LogP contribution in [0.4, 0.5) is 9.93 Å². The van der Waals surface area contributed by atoms with Crippen LogP contribution in [0.3, 0.4) is 0 Å². The van der Waals surface area contributed by atoms with Gasteiger partial charge in [-0.3, -0.25) is 5.32 Å². The van der Waals surface area contributed by atoms with Crippen LogP contribution in [0.5, 0.6) is 0 Å². The molecule has 0 aliphatic carbocycles. The quantitative estimate of drug-likeness (QED) is 0.475. The number of halogens is 2. The van der Waals surface area contributed by atoms with E-state index >= 15 is 0 Å². The van der Waals surface area contributed by atoms with E-state index in [0.29, 0.717) is 27.3 Å². The number of thiazole rings is 1. The van der Waals surface area contributed by atoms with Crippen molar-refractivity contribution in [2.45, 2.75) is 18.7 Å². The molecule has 0 saturated heterocycles. The van der Waals surface area contributed by atoms with E-state index in [0.717, 1.165) is 11.1 Å². The minimum absolute atomic E-state index is 0.0431. The second kappa shape index (κ2) is 10.3. The van der Waals surface area contributed by atoms with Gasteiger partial charge in [-0.05, 0) is 29.7 Å². The summed E-state index contributed by atoms with van der Waals surface area (Å²) in [5.41, 5.74) is 2.18. The molecule has 0 atom stereocenters. The number of aryl methyl sites for hydroxylation is 1. The minimum Gasteiger partial charge on any atom is -0.334 e. The van der Waals surface area contributed by atoms with Crippen LogP contribution in [0.25, 0.3) is 0 Å². The number of nitrogens with zero attached hydrogens (tertiary/aromatic N) is 1. The molecule has 10 heteroatoms. The van der Waals surface area contributed by atoms with Crippen molar-refractivity contribution < 1.29 is 13.2 Å². The Bertz CT molecular complexity index is 1120. The SMILES string of the molecule is O=C(NCc1ccc(Cl)c(Cl)c1)Nc1nc(CS(=O)(=O)CCc2ccccc2)cs1. The first-order chi connectivity index (χ1) is 14.3. The van der Waals surface area contributed by atoms with Gasteiger partial charge in [-0.2, -0.15) is 0 Å². The molecule has 0 aliphatic heterocycles. The molecule has 1 aromatic heterocycles. The van der Waals surface area contributed by atoms with E-state index < -0.39 is 15.9 Å². The lowest BCUT2D eigenvalue weighted by molar-refractivity contribution is 0.251. The van der Waals surface area contributed by atoms with E-state index in [1.165, 1.54) is 11.3 Å². The number of anilines is 1. The van der Waals surface area contributed by atoms with Crippen LogP contribution < -0.4 is 10.6 Å². The summed E-state index contributed by atoms with van der Waals surface area (Å²) in [6, 6.07) is 14.1. The van der Waals surface area contributed by atoms with Crippen molar-refractivity contribution >= 4 is 55.5 Å². The second-order valence-corrected chi connectivity index (χ2v) is 10.4. The van der Waals surface area contributed by atoms with Crippen molar-refractivity contribution in [1.29, 1.82) is 0 Å². The number of amides is 2. The zero-order chi connectivity index (χ0) is 21.6. The standard InChI is InChI=1S/C20H19Cl2N3O3S2/c21-17-7-6-15(10-18(17)22)11-23-19(26)25-20-24-16(12-29-20)13-30(27,28)9-8-14-4-2-1-3-5-14/h1-7,10,12H,8-9,11,13H2,(H2,23,24,25,26). The summed E-state index contributed by atoms with van der Waals surface area (Å²) < 4.78 is 24.7. The Morgan fingerprint density at radius 3 is 2.53 bits per heavy atom. The summed E-state index contributed by atoms with van der Waals surface area (Å²) in [4.78, 5) is 16.3. The summed E-state index contributed by atoms with van der Waals surface area (Å²) in [5.74, 6) is -0.121. The van der Waals surface area contributed by atoms with Crippen molar-refractivity contribution in [3.05, 3.63) is 80.8 Å². The Hall–Kier alpha value is -2.13. The zero-order valence-electron chi connectivity index (χ0n) is 15.8. The molecule has 2 amide bonds. The first-order valence-corrected chi connectivity index (χ1v) is 12.4.